The van der Waals surface area contributed by atoms with Crippen LogP contribution in [0.15, 0.2) is 56.0 Å². The highest BCUT2D eigenvalue weighted by atomic mass is 33.1. The van der Waals surface area contributed by atoms with Crippen molar-refractivity contribution in [1.29, 1.82) is 0 Å². The van der Waals surface area contributed by atoms with Crippen molar-refractivity contribution < 1.29 is 27.7 Å². The molecular formula is C12H10O6S4. The molecule has 118 valence electrons. The van der Waals surface area contributed by atoms with Crippen LogP contribution in [0.5, 0.6) is 11.5 Å². The molecule has 0 bridgehead atoms. The monoisotopic (exact) mass is 378 g/mol. The van der Waals surface area contributed by atoms with Gasteiger partial charge in [0.15, 0.2) is 22.2 Å². The summed E-state index contributed by atoms with van der Waals surface area (Å²) in [4.78, 5) is 1.08. The number of aromatic hydroxyl groups is 2. The van der Waals surface area contributed by atoms with Crippen molar-refractivity contribution in [2.45, 2.75) is 19.6 Å². The molecule has 4 N–H and O–H groups in total. The molecule has 0 saturated carbocycles. The first kappa shape index (κ1) is 17.3. The highest BCUT2D eigenvalue weighted by Gasteiger charge is 2.11. The molecule has 22 heavy (non-hydrogen) atoms. The van der Waals surface area contributed by atoms with Crippen molar-refractivity contribution >= 4 is 43.7 Å². The Hall–Kier alpha value is -1.04. The molecular weight excluding hydrogens is 368 g/mol. The predicted octanol–water partition coefficient (Wildman–Crippen LogP) is 3.06. The summed E-state index contributed by atoms with van der Waals surface area (Å²) in [7, 11) is 2.27. The topological polar surface area (TPSA) is 115 Å². The zero-order chi connectivity index (χ0) is 16.3. The van der Waals surface area contributed by atoms with Crippen LogP contribution >= 0.6 is 21.6 Å². The van der Waals surface area contributed by atoms with Gasteiger partial charge in [-0.15, -0.1) is 0 Å². The Morgan fingerprint density at radius 3 is 1.36 bits per heavy atom. The zero-order valence-corrected chi connectivity index (χ0v) is 14.0. The molecule has 0 amide bonds. The third kappa shape index (κ3) is 4.24. The van der Waals surface area contributed by atoms with E-state index >= 15 is 0 Å². The molecule has 0 aliphatic rings. The van der Waals surface area contributed by atoms with E-state index < -0.39 is 22.2 Å². The van der Waals surface area contributed by atoms with E-state index in [9.17, 15) is 18.6 Å². The minimum absolute atomic E-state index is 0.0875. The lowest BCUT2D eigenvalue weighted by atomic mass is 10.3. The maximum absolute atomic E-state index is 10.9. The molecule has 0 radical (unpaired) electrons. The van der Waals surface area contributed by atoms with Gasteiger partial charge in [-0.2, -0.15) is 0 Å². The standard InChI is InChI=1S/C12H10O6S4/c13-9-5-7(21(15)16)1-3-11(9)19-20-12-4-2-8(22(17)18)6-10(12)14/h1-6,13-14H,(H,15,16)(H,17,18). The quantitative estimate of drug-likeness (QED) is 0.463. The Morgan fingerprint density at radius 2 is 1.09 bits per heavy atom. The lowest BCUT2D eigenvalue weighted by Crippen LogP contribution is -1.88. The van der Waals surface area contributed by atoms with Crippen molar-refractivity contribution in [3.8, 4) is 11.5 Å². The first-order chi connectivity index (χ1) is 10.4. The van der Waals surface area contributed by atoms with Gasteiger partial charge in [0.25, 0.3) is 0 Å². The van der Waals surface area contributed by atoms with Gasteiger partial charge in [0.1, 0.15) is 11.5 Å². The molecule has 2 atom stereocenters. The molecule has 0 fully saturated rings. The van der Waals surface area contributed by atoms with E-state index in [4.69, 9.17) is 9.11 Å². The SMILES string of the molecule is O=S(O)c1ccc(SSc2ccc(S(=O)O)cc2O)c(O)c1. The second-order valence-corrected chi connectivity index (χ2v) is 8.08. The first-order valence-electron chi connectivity index (χ1n) is 5.60. The number of rotatable bonds is 5. The molecule has 10 heteroatoms. The van der Waals surface area contributed by atoms with Gasteiger partial charge in [-0.1, -0.05) is 0 Å². The predicted molar refractivity (Wildman–Crippen MR) is 86.0 cm³/mol. The molecule has 0 aliphatic carbocycles. The van der Waals surface area contributed by atoms with Gasteiger partial charge in [-0.3, -0.25) is 0 Å². The molecule has 2 aromatic carbocycles. The van der Waals surface area contributed by atoms with Gasteiger partial charge in [0.2, 0.25) is 0 Å². The van der Waals surface area contributed by atoms with E-state index in [-0.39, 0.29) is 21.3 Å². The van der Waals surface area contributed by atoms with Gasteiger partial charge in [0.05, 0.1) is 19.6 Å². The molecule has 6 nitrogen and oxygen atoms in total. The number of hydrogen-bond acceptors (Lipinski definition) is 6. The summed E-state index contributed by atoms with van der Waals surface area (Å²) in [6.45, 7) is 0. The summed E-state index contributed by atoms with van der Waals surface area (Å²) in [5.74, 6) is -0.296. The molecule has 0 aliphatic heterocycles. The second-order valence-electron chi connectivity index (χ2n) is 3.92. The molecule has 2 aromatic rings. The fourth-order valence-electron chi connectivity index (χ4n) is 1.44. The van der Waals surface area contributed by atoms with Gasteiger partial charge >= 0.3 is 0 Å². The van der Waals surface area contributed by atoms with Crippen LogP contribution in [0, 0.1) is 0 Å². The molecule has 0 saturated heterocycles. The van der Waals surface area contributed by atoms with Crippen molar-refractivity contribution in [1.82, 2.24) is 0 Å². The summed E-state index contributed by atoms with van der Waals surface area (Å²) in [5.41, 5.74) is 0. The van der Waals surface area contributed by atoms with Crippen LogP contribution in [0.3, 0.4) is 0 Å². The summed E-state index contributed by atoms with van der Waals surface area (Å²) >= 11 is -4.33. The minimum Gasteiger partial charge on any atom is -0.507 e. The van der Waals surface area contributed by atoms with Crippen LogP contribution < -0.4 is 0 Å². The highest BCUT2D eigenvalue weighted by molar-refractivity contribution is 8.76. The van der Waals surface area contributed by atoms with Crippen LogP contribution in [0.2, 0.25) is 0 Å². The fraction of sp³-hybridized carbons (Fsp3) is 0. The third-order valence-corrected chi connectivity index (χ3v) is 6.26. The maximum Gasteiger partial charge on any atom is 0.186 e. The molecule has 2 rings (SSSR count). The number of benzene rings is 2. The van der Waals surface area contributed by atoms with E-state index in [0.717, 1.165) is 21.6 Å². The van der Waals surface area contributed by atoms with Crippen LogP contribution in [0.4, 0.5) is 0 Å². The Morgan fingerprint density at radius 1 is 0.727 bits per heavy atom. The van der Waals surface area contributed by atoms with Gasteiger partial charge in [-0.05, 0) is 58.0 Å². The van der Waals surface area contributed by atoms with E-state index in [1.54, 1.807) is 0 Å². The molecule has 2 unspecified atom stereocenters. The molecule has 0 heterocycles. The summed E-state index contributed by atoms with van der Waals surface area (Å²) in [6, 6.07) is 8.19. The van der Waals surface area contributed by atoms with Crippen molar-refractivity contribution in [2.75, 3.05) is 0 Å². The number of phenols is 2. The summed E-state index contributed by atoms with van der Waals surface area (Å²) in [5, 5.41) is 19.6. The van der Waals surface area contributed by atoms with Gasteiger partial charge in [-0.25, -0.2) is 8.42 Å². The van der Waals surface area contributed by atoms with Crippen LogP contribution in [-0.2, 0) is 22.2 Å². The Kier molecular flexibility index (Phi) is 5.89. The smallest absolute Gasteiger partial charge is 0.186 e. The van der Waals surface area contributed by atoms with Crippen molar-refractivity contribution in [3.63, 3.8) is 0 Å². The zero-order valence-electron chi connectivity index (χ0n) is 10.7. The molecule has 0 spiro atoms. The lowest BCUT2D eigenvalue weighted by Gasteiger charge is -2.07. The highest BCUT2D eigenvalue weighted by Crippen LogP contribution is 2.44. The third-order valence-electron chi connectivity index (χ3n) is 2.49. The number of hydrogen-bond donors (Lipinski definition) is 4. The second kappa shape index (κ2) is 7.49. The van der Waals surface area contributed by atoms with E-state index in [0.29, 0.717) is 9.79 Å². The van der Waals surface area contributed by atoms with E-state index in [1.807, 2.05) is 0 Å². The Bertz CT molecular complexity index is 685. The van der Waals surface area contributed by atoms with Gasteiger partial charge < -0.3 is 19.3 Å². The molecule has 0 aromatic heterocycles. The van der Waals surface area contributed by atoms with Crippen LogP contribution in [-0.4, -0.2) is 27.7 Å². The average molecular weight is 378 g/mol. The van der Waals surface area contributed by atoms with Crippen LogP contribution in [0.1, 0.15) is 0 Å². The minimum atomic E-state index is -2.17. The first-order valence-corrected chi connectivity index (χ1v) is 9.97. The Labute approximate surface area is 138 Å². The largest absolute Gasteiger partial charge is 0.507 e. The van der Waals surface area contributed by atoms with Crippen LogP contribution in [0.25, 0.3) is 0 Å². The Balaban J connectivity index is 2.13. The summed E-state index contributed by atoms with van der Waals surface area (Å²) in [6.07, 6.45) is 0. The maximum atomic E-state index is 10.9. The lowest BCUT2D eigenvalue weighted by molar-refractivity contribution is 0.459. The van der Waals surface area contributed by atoms with E-state index in [1.165, 1.54) is 36.4 Å². The van der Waals surface area contributed by atoms with Crippen molar-refractivity contribution in [3.05, 3.63) is 36.4 Å². The fourth-order valence-corrected chi connectivity index (χ4v) is 4.34. The van der Waals surface area contributed by atoms with Crippen molar-refractivity contribution in [2.24, 2.45) is 0 Å². The average Bonchev–Trinajstić information content (AvgIpc) is 2.46. The van der Waals surface area contributed by atoms with Gasteiger partial charge in [0, 0.05) is 0 Å². The summed E-state index contributed by atoms with van der Waals surface area (Å²) < 4.78 is 39.6. The normalized spacial score (nSPS) is 13.7. The van der Waals surface area contributed by atoms with E-state index in [2.05, 4.69) is 0 Å². The number of phenolic OH excluding ortho intramolecular Hbond substituents is 2.